The minimum Gasteiger partial charge on any atom is -0.507 e. The van der Waals surface area contributed by atoms with Crippen LogP contribution in [-0.4, -0.2) is 56.3 Å². The summed E-state index contributed by atoms with van der Waals surface area (Å²) in [4.78, 5) is 34.3. The summed E-state index contributed by atoms with van der Waals surface area (Å²) in [5.41, 5.74) is 3.36. The third kappa shape index (κ3) is 7.26. The molecule has 0 radical (unpaired) electrons. The Labute approximate surface area is 285 Å². The molecule has 242 valence electrons. The fraction of sp³-hybridized carbons (Fsp3) is 0.270. The van der Waals surface area contributed by atoms with Crippen molar-refractivity contribution in [1.82, 2.24) is 9.88 Å². The number of aliphatic hydroxyl groups excluding tert-OH is 2. The van der Waals surface area contributed by atoms with Gasteiger partial charge >= 0.3 is 0 Å². The fourth-order valence-corrected chi connectivity index (χ4v) is 7.73. The average Bonchev–Trinajstić information content (AvgIpc) is 3.69. The number of carbonyl (C=O) groups excluding carboxylic acids is 2. The van der Waals surface area contributed by atoms with Crippen molar-refractivity contribution in [2.24, 2.45) is 17.8 Å². The van der Waals surface area contributed by atoms with E-state index in [4.69, 9.17) is 4.74 Å². The summed E-state index contributed by atoms with van der Waals surface area (Å²) in [5.74, 6) is -2.00. The summed E-state index contributed by atoms with van der Waals surface area (Å²) in [5, 5.41) is 35.2. The first kappa shape index (κ1) is 32.8. The van der Waals surface area contributed by atoms with Gasteiger partial charge in [-0.3, -0.25) is 19.5 Å². The fourth-order valence-electron chi connectivity index (χ4n) is 6.66. The Balaban J connectivity index is 1.32. The van der Waals surface area contributed by atoms with Gasteiger partial charge in [-0.25, -0.2) is 0 Å². The Morgan fingerprint density at radius 1 is 1.06 bits per heavy atom. The predicted molar refractivity (Wildman–Crippen MR) is 184 cm³/mol. The summed E-state index contributed by atoms with van der Waals surface area (Å²) in [7, 11) is 0. The number of hydrogen-bond acceptors (Lipinski definition) is 8. The van der Waals surface area contributed by atoms with E-state index >= 15 is 0 Å². The molecule has 47 heavy (non-hydrogen) atoms. The van der Waals surface area contributed by atoms with Gasteiger partial charge in [-0.15, -0.1) is 11.3 Å². The molecule has 0 unspecified atom stereocenters. The van der Waals surface area contributed by atoms with E-state index in [2.05, 4.69) is 20.9 Å². The number of aromatic nitrogens is 1. The second-order valence-corrected chi connectivity index (χ2v) is 13.7. The number of rotatable bonds is 12. The third-order valence-corrected chi connectivity index (χ3v) is 10.2. The molecule has 0 saturated carbocycles. The summed E-state index contributed by atoms with van der Waals surface area (Å²) in [6, 6.07) is 23.8. The van der Waals surface area contributed by atoms with Gasteiger partial charge in [0.15, 0.2) is 0 Å². The van der Waals surface area contributed by atoms with E-state index in [1.165, 1.54) is 16.2 Å². The predicted octanol–water partition coefficient (Wildman–Crippen LogP) is 6.48. The normalized spacial score (nSPS) is 20.4. The van der Waals surface area contributed by atoms with Crippen LogP contribution in [0, 0.1) is 17.8 Å². The van der Waals surface area contributed by atoms with E-state index in [1.807, 2.05) is 78.2 Å². The lowest BCUT2D eigenvalue weighted by atomic mass is 9.68. The molecular weight excluding hydrogens is 680 g/mol. The molecular formula is C37H35BrN2O6S. The largest absolute Gasteiger partial charge is 0.507 e. The molecule has 3 N–H and O–H groups in total. The number of phenolic OH excluding ortho intramolecular Hbond substituents is 1. The molecule has 1 fully saturated rings. The number of ether oxygens (including phenoxy) is 1. The number of amides is 2. The number of nitrogens with zero attached hydrogens (tertiary/aromatic N) is 2. The number of thiophene rings is 1. The highest BCUT2D eigenvalue weighted by Gasteiger charge is 2.55. The van der Waals surface area contributed by atoms with Crippen LogP contribution in [0.4, 0.5) is 0 Å². The third-order valence-electron chi connectivity index (χ3n) is 8.88. The number of fused-ring (bicyclic) bond motifs is 1. The van der Waals surface area contributed by atoms with Crippen molar-refractivity contribution < 1.29 is 29.6 Å². The zero-order chi connectivity index (χ0) is 32.9. The zero-order valence-corrected chi connectivity index (χ0v) is 27.9. The van der Waals surface area contributed by atoms with Crippen molar-refractivity contribution in [1.29, 1.82) is 0 Å². The minimum absolute atomic E-state index is 0.109. The first-order valence-electron chi connectivity index (χ1n) is 15.5. The summed E-state index contributed by atoms with van der Waals surface area (Å²) in [6.07, 6.45) is 3.38. The van der Waals surface area contributed by atoms with E-state index in [1.54, 1.807) is 18.3 Å². The molecule has 0 bridgehead atoms. The number of pyridine rings is 1. The number of aromatic hydroxyl groups is 1. The van der Waals surface area contributed by atoms with Gasteiger partial charge in [0.05, 0.1) is 36.8 Å². The summed E-state index contributed by atoms with van der Waals surface area (Å²) >= 11 is 4.95. The molecule has 1 aliphatic carbocycles. The SMILES string of the molecule is O=C1[C@@H]2[C@@H](CC(COc3ccccc3)=C([C@H](O)CC/C(=C/c3cc(Br)ccc3O)c3ccccn3)[C@@H]2CO)C(=O)N1Cc1cccs1. The minimum atomic E-state index is -1.04. The maximum Gasteiger partial charge on any atom is 0.234 e. The van der Waals surface area contributed by atoms with Crippen molar-refractivity contribution in [3.05, 3.63) is 122 Å². The Morgan fingerprint density at radius 2 is 1.87 bits per heavy atom. The number of aliphatic hydroxyl groups is 2. The van der Waals surface area contributed by atoms with Gasteiger partial charge in [0.1, 0.15) is 18.1 Å². The lowest BCUT2D eigenvalue weighted by Gasteiger charge is -2.36. The van der Waals surface area contributed by atoms with Crippen LogP contribution in [0.1, 0.15) is 35.4 Å². The second-order valence-electron chi connectivity index (χ2n) is 11.8. The Bertz CT molecular complexity index is 1780. The van der Waals surface area contributed by atoms with Crippen molar-refractivity contribution in [3.8, 4) is 11.5 Å². The van der Waals surface area contributed by atoms with Crippen LogP contribution in [0.2, 0.25) is 0 Å². The quantitative estimate of drug-likeness (QED) is 0.114. The number of para-hydroxylation sites is 1. The molecule has 1 aliphatic heterocycles. The van der Waals surface area contributed by atoms with E-state index in [-0.39, 0.29) is 43.6 Å². The second kappa shape index (κ2) is 14.8. The highest BCUT2D eigenvalue weighted by atomic mass is 79.9. The maximum atomic E-state index is 13.8. The Hall–Kier alpha value is -4.09. The van der Waals surface area contributed by atoms with E-state index < -0.39 is 30.5 Å². The molecule has 1 saturated heterocycles. The molecule has 8 nitrogen and oxygen atoms in total. The molecule has 6 rings (SSSR count). The van der Waals surface area contributed by atoms with Crippen LogP contribution < -0.4 is 4.74 Å². The van der Waals surface area contributed by atoms with Crippen LogP contribution in [-0.2, 0) is 16.1 Å². The van der Waals surface area contributed by atoms with Crippen LogP contribution >= 0.6 is 27.3 Å². The topological polar surface area (TPSA) is 120 Å². The Morgan fingerprint density at radius 3 is 2.60 bits per heavy atom. The lowest BCUT2D eigenvalue weighted by molar-refractivity contribution is -0.140. The molecule has 2 aliphatic rings. The van der Waals surface area contributed by atoms with Gasteiger partial charge in [0.25, 0.3) is 0 Å². The van der Waals surface area contributed by atoms with Crippen LogP contribution in [0.5, 0.6) is 11.5 Å². The summed E-state index contributed by atoms with van der Waals surface area (Å²) in [6.45, 7) is -0.102. The lowest BCUT2D eigenvalue weighted by Crippen LogP contribution is -2.40. The number of imide groups is 1. The van der Waals surface area contributed by atoms with Crippen molar-refractivity contribution in [2.45, 2.75) is 31.9 Å². The van der Waals surface area contributed by atoms with E-state index in [0.29, 0.717) is 34.6 Å². The van der Waals surface area contributed by atoms with Gasteiger partial charge < -0.3 is 20.1 Å². The smallest absolute Gasteiger partial charge is 0.234 e. The number of carbonyl (C=O) groups is 2. The first-order valence-corrected chi connectivity index (χ1v) is 17.2. The number of likely N-dealkylation sites (tertiary alicyclic amines) is 1. The van der Waals surface area contributed by atoms with Gasteiger partial charge in [0, 0.05) is 27.0 Å². The number of hydrogen-bond donors (Lipinski definition) is 3. The maximum absolute atomic E-state index is 13.8. The van der Waals surface area contributed by atoms with Crippen LogP contribution in [0.25, 0.3) is 11.6 Å². The standard InChI is InChI=1S/C37H35BrN2O6S/c38-26-12-14-32(42)24(18-26)17-23(31-10-4-5-15-39-31)11-13-33(43)34-25(22-46-27-7-2-1-3-8-27)19-29-35(30(34)21-41)37(45)40(36(29)44)20-28-9-6-16-47-28/h1-10,12,14-18,29-30,33,35,41-43H,11,13,19-22H2/b23-17-/t29-,30+,33-,35-/m1/s1. The summed E-state index contributed by atoms with van der Waals surface area (Å²) < 4.78 is 6.93. The molecule has 4 atom stereocenters. The van der Waals surface area contributed by atoms with Crippen molar-refractivity contribution in [3.63, 3.8) is 0 Å². The molecule has 2 aromatic heterocycles. The monoisotopic (exact) mass is 714 g/mol. The molecule has 2 amide bonds. The van der Waals surface area contributed by atoms with Gasteiger partial charge in [-0.1, -0.05) is 46.3 Å². The average molecular weight is 716 g/mol. The number of phenols is 1. The molecule has 4 aromatic rings. The molecule has 3 heterocycles. The van der Waals surface area contributed by atoms with Gasteiger partial charge in [0.2, 0.25) is 11.8 Å². The number of benzene rings is 2. The highest BCUT2D eigenvalue weighted by Crippen LogP contribution is 2.47. The van der Waals surface area contributed by atoms with Crippen molar-refractivity contribution >= 4 is 50.7 Å². The molecule has 2 aromatic carbocycles. The van der Waals surface area contributed by atoms with Crippen molar-refractivity contribution in [2.75, 3.05) is 13.2 Å². The highest BCUT2D eigenvalue weighted by molar-refractivity contribution is 9.10. The number of allylic oxidation sites excluding steroid dienone is 1. The van der Waals surface area contributed by atoms with Crippen LogP contribution in [0.3, 0.4) is 0 Å². The zero-order valence-electron chi connectivity index (χ0n) is 25.5. The Kier molecular flexibility index (Phi) is 10.3. The van der Waals surface area contributed by atoms with E-state index in [0.717, 1.165) is 14.9 Å². The van der Waals surface area contributed by atoms with Gasteiger partial charge in [-0.05, 0) is 96.0 Å². The van der Waals surface area contributed by atoms with Crippen LogP contribution in [0.15, 0.2) is 106 Å². The molecule has 0 spiro atoms. The van der Waals surface area contributed by atoms with E-state index in [9.17, 15) is 24.9 Å². The number of halogens is 1. The van der Waals surface area contributed by atoms with Gasteiger partial charge in [-0.2, -0.15) is 0 Å². The first-order chi connectivity index (χ1) is 22.8. The molecule has 10 heteroatoms.